The van der Waals surface area contributed by atoms with Gasteiger partial charge in [-0.15, -0.1) is 0 Å². The number of phenolic OH excluding ortho intramolecular Hbond substituents is 1. The SMILES string of the molecule is NC(=S)c1ccc(NC(=O)c2ccc(I)c(O)c2)c(Cl)c1. The molecule has 2 aromatic carbocycles. The normalized spacial score (nSPS) is 10.2. The van der Waals surface area contributed by atoms with Gasteiger partial charge in [-0.1, -0.05) is 23.8 Å². The van der Waals surface area contributed by atoms with E-state index in [-0.39, 0.29) is 16.6 Å². The van der Waals surface area contributed by atoms with Crippen molar-refractivity contribution in [2.45, 2.75) is 0 Å². The van der Waals surface area contributed by atoms with E-state index in [0.29, 0.717) is 25.4 Å². The predicted octanol–water partition coefficient (Wildman–Crippen LogP) is 3.54. The summed E-state index contributed by atoms with van der Waals surface area (Å²) >= 11 is 12.9. The van der Waals surface area contributed by atoms with Crippen molar-refractivity contribution in [3.05, 3.63) is 56.1 Å². The fraction of sp³-hybridized carbons (Fsp3) is 0. The smallest absolute Gasteiger partial charge is 0.255 e. The number of nitrogens with two attached hydrogens (primary N) is 1. The number of aromatic hydroxyl groups is 1. The highest BCUT2D eigenvalue weighted by Gasteiger charge is 2.11. The molecule has 0 aliphatic heterocycles. The van der Waals surface area contributed by atoms with Crippen LogP contribution in [0.3, 0.4) is 0 Å². The molecule has 1 amide bonds. The summed E-state index contributed by atoms with van der Waals surface area (Å²) in [6, 6.07) is 9.56. The van der Waals surface area contributed by atoms with Crippen LogP contribution >= 0.6 is 46.4 Å². The Bertz CT molecular complexity index is 737. The highest BCUT2D eigenvalue weighted by molar-refractivity contribution is 14.1. The van der Waals surface area contributed by atoms with Crippen molar-refractivity contribution in [2.75, 3.05) is 5.32 Å². The van der Waals surface area contributed by atoms with Gasteiger partial charge < -0.3 is 16.2 Å². The van der Waals surface area contributed by atoms with Crippen LogP contribution in [0.25, 0.3) is 0 Å². The molecule has 0 radical (unpaired) electrons. The number of carbonyl (C=O) groups excluding carboxylic acids is 1. The Kier molecular flexibility index (Phi) is 5.02. The molecule has 7 heteroatoms. The predicted molar refractivity (Wildman–Crippen MR) is 96.1 cm³/mol. The Morgan fingerprint density at radius 2 is 1.90 bits per heavy atom. The molecule has 0 aromatic heterocycles. The minimum atomic E-state index is -0.369. The summed E-state index contributed by atoms with van der Waals surface area (Å²) in [5, 5.41) is 12.6. The standard InChI is InChI=1S/C14H10ClIN2O2S/c15-9-5-7(13(17)21)2-4-11(9)18-14(20)8-1-3-10(16)12(19)6-8/h1-6,19H,(H2,17,21)(H,18,20). The zero-order chi connectivity index (χ0) is 15.6. The number of halogens is 2. The zero-order valence-electron chi connectivity index (χ0n) is 10.6. The maximum absolute atomic E-state index is 12.1. The lowest BCUT2D eigenvalue weighted by Gasteiger charge is -2.09. The van der Waals surface area contributed by atoms with E-state index in [1.807, 2.05) is 22.6 Å². The number of rotatable bonds is 3. The van der Waals surface area contributed by atoms with Crippen molar-refractivity contribution in [3.63, 3.8) is 0 Å². The first-order valence-electron chi connectivity index (χ1n) is 5.77. The Morgan fingerprint density at radius 1 is 1.24 bits per heavy atom. The molecule has 21 heavy (non-hydrogen) atoms. The van der Waals surface area contributed by atoms with Gasteiger partial charge in [0.15, 0.2) is 0 Å². The van der Waals surface area contributed by atoms with E-state index < -0.39 is 0 Å². The number of anilines is 1. The molecule has 0 spiro atoms. The van der Waals surface area contributed by atoms with Gasteiger partial charge in [0, 0.05) is 11.1 Å². The quantitative estimate of drug-likeness (QED) is 0.512. The number of amides is 1. The van der Waals surface area contributed by atoms with E-state index in [0.717, 1.165) is 0 Å². The Morgan fingerprint density at radius 3 is 2.48 bits per heavy atom. The molecular formula is C14H10ClIN2O2S. The number of carbonyl (C=O) groups is 1. The van der Waals surface area contributed by atoms with Crippen molar-refractivity contribution in [2.24, 2.45) is 5.73 Å². The molecule has 0 aliphatic rings. The number of thiocarbonyl (C=S) groups is 1. The summed E-state index contributed by atoms with van der Waals surface area (Å²) in [7, 11) is 0. The first-order chi connectivity index (χ1) is 9.88. The second kappa shape index (κ2) is 6.59. The number of phenols is 1. The van der Waals surface area contributed by atoms with E-state index in [2.05, 4.69) is 5.32 Å². The number of benzene rings is 2. The molecule has 0 aliphatic carbocycles. The zero-order valence-corrected chi connectivity index (χ0v) is 14.3. The summed E-state index contributed by atoms with van der Waals surface area (Å²) in [5.74, 6) is -0.315. The highest BCUT2D eigenvalue weighted by atomic mass is 127. The lowest BCUT2D eigenvalue weighted by atomic mass is 10.1. The van der Waals surface area contributed by atoms with Crippen LogP contribution in [0.1, 0.15) is 15.9 Å². The highest BCUT2D eigenvalue weighted by Crippen LogP contribution is 2.25. The summed E-state index contributed by atoms with van der Waals surface area (Å²) in [6.07, 6.45) is 0. The Balaban J connectivity index is 2.23. The third kappa shape index (κ3) is 3.84. The molecular weight excluding hydrogens is 423 g/mol. The molecule has 4 nitrogen and oxygen atoms in total. The largest absolute Gasteiger partial charge is 0.507 e. The monoisotopic (exact) mass is 432 g/mol. The second-order valence-corrected chi connectivity index (χ2v) is 6.19. The van der Waals surface area contributed by atoms with Crippen LogP contribution < -0.4 is 11.1 Å². The summed E-state index contributed by atoms with van der Waals surface area (Å²) in [5.41, 5.74) is 6.92. The van der Waals surface area contributed by atoms with Gasteiger partial charge in [-0.25, -0.2) is 0 Å². The summed E-state index contributed by atoms with van der Waals surface area (Å²) in [6.45, 7) is 0. The van der Waals surface area contributed by atoms with Crippen molar-refractivity contribution in [1.82, 2.24) is 0 Å². The van der Waals surface area contributed by atoms with Crippen LogP contribution in [0.5, 0.6) is 5.75 Å². The first kappa shape index (κ1) is 16.0. The number of hydrogen-bond donors (Lipinski definition) is 3. The van der Waals surface area contributed by atoms with Gasteiger partial charge in [-0.05, 0) is 59.0 Å². The minimum Gasteiger partial charge on any atom is -0.507 e. The van der Waals surface area contributed by atoms with Crippen molar-refractivity contribution in [3.8, 4) is 5.75 Å². The molecule has 2 rings (SSSR count). The van der Waals surface area contributed by atoms with Gasteiger partial charge in [0.05, 0.1) is 14.3 Å². The third-order valence-electron chi connectivity index (χ3n) is 2.71. The average Bonchev–Trinajstić information content (AvgIpc) is 2.43. The molecule has 0 heterocycles. The number of hydrogen-bond acceptors (Lipinski definition) is 3. The second-order valence-electron chi connectivity index (χ2n) is 4.18. The molecule has 0 saturated carbocycles. The van der Waals surface area contributed by atoms with E-state index in [1.54, 1.807) is 30.3 Å². The molecule has 0 atom stereocenters. The average molecular weight is 433 g/mol. The van der Waals surface area contributed by atoms with Crippen LogP contribution in [0.4, 0.5) is 5.69 Å². The topological polar surface area (TPSA) is 75.3 Å². The maximum atomic E-state index is 12.1. The van der Waals surface area contributed by atoms with Gasteiger partial charge in [-0.2, -0.15) is 0 Å². The fourth-order valence-electron chi connectivity index (χ4n) is 1.62. The summed E-state index contributed by atoms with van der Waals surface area (Å²) < 4.78 is 0.669. The fourth-order valence-corrected chi connectivity index (χ4v) is 2.31. The van der Waals surface area contributed by atoms with E-state index in [1.165, 1.54) is 6.07 Å². The van der Waals surface area contributed by atoms with Crippen molar-refractivity contribution >= 4 is 63.0 Å². The van der Waals surface area contributed by atoms with Gasteiger partial charge in [0.25, 0.3) is 5.91 Å². The lowest BCUT2D eigenvalue weighted by molar-refractivity contribution is 0.102. The van der Waals surface area contributed by atoms with Crippen LogP contribution in [0.2, 0.25) is 5.02 Å². The van der Waals surface area contributed by atoms with Crippen LogP contribution in [0.15, 0.2) is 36.4 Å². The van der Waals surface area contributed by atoms with Gasteiger partial charge in [0.1, 0.15) is 10.7 Å². The van der Waals surface area contributed by atoms with E-state index >= 15 is 0 Å². The molecule has 0 fully saturated rings. The third-order valence-corrected chi connectivity index (χ3v) is 4.17. The van der Waals surface area contributed by atoms with Crippen molar-refractivity contribution < 1.29 is 9.90 Å². The van der Waals surface area contributed by atoms with Crippen molar-refractivity contribution in [1.29, 1.82) is 0 Å². The number of nitrogens with one attached hydrogen (secondary N) is 1. The van der Waals surface area contributed by atoms with Gasteiger partial charge in [-0.3, -0.25) is 4.79 Å². The molecule has 0 saturated heterocycles. The molecule has 2 aromatic rings. The molecule has 0 bridgehead atoms. The molecule has 0 unspecified atom stereocenters. The minimum absolute atomic E-state index is 0.0539. The van der Waals surface area contributed by atoms with Crippen LogP contribution in [-0.2, 0) is 0 Å². The Labute approximate surface area is 145 Å². The lowest BCUT2D eigenvalue weighted by Crippen LogP contribution is -2.13. The van der Waals surface area contributed by atoms with E-state index in [9.17, 15) is 9.90 Å². The molecule has 4 N–H and O–H groups in total. The van der Waals surface area contributed by atoms with Crippen LogP contribution in [0, 0.1) is 3.57 Å². The van der Waals surface area contributed by atoms with Gasteiger partial charge >= 0.3 is 0 Å². The maximum Gasteiger partial charge on any atom is 0.255 e. The van der Waals surface area contributed by atoms with Crippen LogP contribution in [-0.4, -0.2) is 16.0 Å². The Hall–Kier alpha value is -1.38. The first-order valence-corrected chi connectivity index (χ1v) is 7.64. The van der Waals surface area contributed by atoms with E-state index in [4.69, 9.17) is 29.6 Å². The molecule has 108 valence electrons. The van der Waals surface area contributed by atoms with Gasteiger partial charge in [0.2, 0.25) is 0 Å². The summed E-state index contributed by atoms with van der Waals surface area (Å²) in [4.78, 5) is 12.3.